The van der Waals surface area contributed by atoms with Crippen molar-refractivity contribution in [1.29, 1.82) is 0 Å². The molecule has 0 atom stereocenters. The minimum Gasteiger partial charge on any atom is -0.296 e. The largest absolute Gasteiger partial charge is 0.296 e. The lowest BCUT2D eigenvalue weighted by Gasteiger charge is -2.03. The lowest BCUT2D eigenvalue weighted by Crippen LogP contribution is -2.13. The number of carbonyl (C=O) groups excluding carboxylic acids is 1. The van der Waals surface area contributed by atoms with Crippen molar-refractivity contribution in [2.45, 2.75) is 6.92 Å². The van der Waals surface area contributed by atoms with Gasteiger partial charge in [0.05, 0.1) is 5.56 Å². The van der Waals surface area contributed by atoms with Gasteiger partial charge >= 0.3 is 0 Å². The summed E-state index contributed by atoms with van der Waals surface area (Å²) in [6.07, 6.45) is 0. The third-order valence-corrected chi connectivity index (χ3v) is 3.17. The van der Waals surface area contributed by atoms with E-state index in [9.17, 15) is 9.18 Å². The zero-order chi connectivity index (χ0) is 12.4. The molecule has 0 aliphatic heterocycles. The lowest BCUT2D eigenvalue weighted by molar-refractivity contribution is 0.102. The zero-order valence-electron chi connectivity index (χ0n) is 8.70. The number of hydrogen-bond donors (Lipinski definition) is 1. The number of halogens is 2. The highest BCUT2D eigenvalue weighted by atomic mass is 79.9. The van der Waals surface area contributed by atoms with Crippen molar-refractivity contribution in [2.24, 2.45) is 0 Å². The minimum absolute atomic E-state index is 0.0350. The summed E-state index contributed by atoms with van der Waals surface area (Å²) in [6.45, 7) is 1.77. The Morgan fingerprint density at radius 1 is 1.47 bits per heavy atom. The van der Waals surface area contributed by atoms with E-state index in [1.165, 1.54) is 29.5 Å². The Bertz CT molecular complexity index is 572. The van der Waals surface area contributed by atoms with Crippen LogP contribution in [0.4, 0.5) is 9.52 Å². The number of carbonyl (C=O) groups is 1. The van der Waals surface area contributed by atoms with Gasteiger partial charge in [0.25, 0.3) is 5.91 Å². The lowest BCUT2D eigenvalue weighted by atomic mass is 10.2. The maximum atomic E-state index is 13.4. The van der Waals surface area contributed by atoms with Crippen LogP contribution in [0.15, 0.2) is 22.7 Å². The van der Waals surface area contributed by atoms with Crippen molar-refractivity contribution < 1.29 is 9.18 Å². The van der Waals surface area contributed by atoms with Crippen molar-refractivity contribution in [3.05, 3.63) is 39.1 Å². The summed E-state index contributed by atoms with van der Waals surface area (Å²) in [6, 6.07) is 4.17. The van der Waals surface area contributed by atoms with Crippen molar-refractivity contribution in [1.82, 2.24) is 10.2 Å². The predicted molar refractivity (Wildman–Crippen MR) is 66.7 cm³/mol. The van der Waals surface area contributed by atoms with Gasteiger partial charge in [-0.2, -0.15) is 0 Å². The highest BCUT2D eigenvalue weighted by Crippen LogP contribution is 2.19. The van der Waals surface area contributed by atoms with Gasteiger partial charge in [0.1, 0.15) is 10.8 Å². The van der Waals surface area contributed by atoms with Gasteiger partial charge in [0.15, 0.2) is 0 Å². The molecular weight excluding hydrogens is 309 g/mol. The quantitative estimate of drug-likeness (QED) is 0.926. The molecule has 1 aromatic carbocycles. The number of hydrogen-bond acceptors (Lipinski definition) is 4. The molecule has 7 heteroatoms. The van der Waals surface area contributed by atoms with Crippen LogP contribution in [0.3, 0.4) is 0 Å². The van der Waals surface area contributed by atoms with Crippen molar-refractivity contribution >= 4 is 38.3 Å². The van der Waals surface area contributed by atoms with Crippen LogP contribution in [0.1, 0.15) is 15.4 Å². The average Bonchev–Trinajstić information content (AvgIpc) is 2.67. The molecule has 0 saturated heterocycles. The van der Waals surface area contributed by atoms with Gasteiger partial charge in [-0.05, 0) is 25.1 Å². The summed E-state index contributed by atoms with van der Waals surface area (Å²) in [7, 11) is 0. The standard InChI is InChI=1S/C10H7BrFN3OS/c1-5-14-15-10(17-5)13-9(16)7-4-6(11)2-3-8(7)12/h2-4H,1H3,(H,13,15,16). The second kappa shape index (κ2) is 4.89. The van der Waals surface area contributed by atoms with E-state index >= 15 is 0 Å². The second-order valence-electron chi connectivity index (χ2n) is 3.20. The number of benzene rings is 1. The number of nitrogens with zero attached hydrogens (tertiary/aromatic N) is 2. The molecule has 17 heavy (non-hydrogen) atoms. The summed E-state index contributed by atoms with van der Waals surface area (Å²) >= 11 is 4.41. The first-order valence-corrected chi connectivity index (χ1v) is 6.24. The molecule has 4 nitrogen and oxygen atoms in total. The first-order valence-electron chi connectivity index (χ1n) is 4.63. The van der Waals surface area contributed by atoms with E-state index in [2.05, 4.69) is 31.4 Å². The molecule has 0 spiro atoms. The summed E-state index contributed by atoms with van der Waals surface area (Å²) in [5.41, 5.74) is -0.0350. The predicted octanol–water partition coefficient (Wildman–Crippen LogP) is 3.00. The van der Waals surface area contributed by atoms with Crippen LogP contribution in [0.25, 0.3) is 0 Å². The zero-order valence-corrected chi connectivity index (χ0v) is 11.1. The third kappa shape index (κ3) is 2.86. The van der Waals surface area contributed by atoms with E-state index in [0.29, 0.717) is 9.60 Å². The van der Waals surface area contributed by atoms with Crippen molar-refractivity contribution in [3.63, 3.8) is 0 Å². The normalized spacial score (nSPS) is 10.3. The smallest absolute Gasteiger partial charge is 0.260 e. The van der Waals surface area contributed by atoms with E-state index in [1.54, 1.807) is 6.92 Å². The van der Waals surface area contributed by atoms with Gasteiger partial charge < -0.3 is 0 Å². The topological polar surface area (TPSA) is 54.9 Å². The van der Waals surface area contributed by atoms with Gasteiger partial charge in [-0.25, -0.2) is 4.39 Å². The fourth-order valence-corrected chi connectivity index (χ4v) is 2.13. The maximum absolute atomic E-state index is 13.4. The van der Waals surface area contributed by atoms with Crippen LogP contribution in [-0.2, 0) is 0 Å². The Morgan fingerprint density at radius 2 is 2.24 bits per heavy atom. The first kappa shape index (κ1) is 12.1. The van der Waals surface area contributed by atoms with E-state index < -0.39 is 11.7 Å². The molecule has 0 unspecified atom stereocenters. The van der Waals surface area contributed by atoms with Crippen LogP contribution >= 0.6 is 27.3 Å². The van der Waals surface area contributed by atoms with Crippen LogP contribution in [0.2, 0.25) is 0 Å². The summed E-state index contributed by atoms with van der Waals surface area (Å²) in [5.74, 6) is -1.12. The molecule has 2 rings (SSSR count). The van der Waals surface area contributed by atoms with E-state index in [4.69, 9.17) is 0 Å². The fraction of sp³-hybridized carbons (Fsp3) is 0.100. The molecule has 1 N–H and O–H groups in total. The maximum Gasteiger partial charge on any atom is 0.260 e. The molecule has 88 valence electrons. The van der Waals surface area contributed by atoms with Crippen LogP contribution < -0.4 is 5.32 Å². The van der Waals surface area contributed by atoms with Gasteiger partial charge in [-0.3, -0.25) is 10.1 Å². The molecule has 0 saturated carbocycles. The molecule has 0 aliphatic carbocycles. The Hall–Kier alpha value is -1.34. The summed E-state index contributed by atoms with van der Waals surface area (Å²) in [4.78, 5) is 11.8. The first-order chi connectivity index (χ1) is 8.06. The van der Waals surface area contributed by atoms with Gasteiger partial charge in [-0.15, -0.1) is 10.2 Å². The average molecular weight is 316 g/mol. The van der Waals surface area contributed by atoms with Gasteiger partial charge in [0, 0.05) is 4.47 Å². The van der Waals surface area contributed by atoms with E-state index in [0.717, 1.165) is 5.01 Å². The number of nitrogens with one attached hydrogen (secondary N) is 1. The minimum atomic E-state index is -0.577. The monoisotopic (exact) mass is 315 g/mol. The Kier molecular flexibility index (Phi) is 3.49. The Morgan fingerprint density at radius 3 is 2.88 bits per heavy atom. The summed E-state index contributed by atoms with van der Waals surface area (Å²) < 4.78 is 14.1. The van der Waals surface area contributed by atoms with Crippen LogP contribution in [0.5, 0.6) is 0 Å². The van der Waals surface area contributed by atoms with Gasteiger partial charge in [-0.1, -0.05) is 27.3 Å². The van der Waals surface area contributed by atoms with Crippen LogP contribution in [-0.4, -0.2) is 16.1 Å². The fourth-order valence-electron chi connectivity index (χ4n) is 1.18. The highest BCUT2D eigenvalue weighted by molar-refractivity contribution is 9.10. The molecule has 0 aliphatic rings. The number of rotatable bonds is 2. The number of anilines is 1. The van der Waals surface area contributed by atoms with Crippen LogP contribution in [0, 0.1) is 12.7 Å². The molecule has 1 heterocycles. The van der Waals surface area contributed by atoms with Crippen molar-refractivity contribution in [2.75, 3.05) is 5.32 Å². The third-order valence-electron chi connectivity index (χ3n) is 1.92. The Labute approximate surface area is 109 Å². The Balaban J connectivity index is 2.22. The van der Waals surface area contributed by atoms with E-state index in [1.807, 2.05) is 0 Å². The molecular formula is C10H7BrFN3OS. The van der Waals surface area contributed by atoms with E-state index in [-0.39, 0.29) is 5.56 Å². The molecule has 1 amide bonds. The molecule has 2 aromatic rings. The molecule has 0 radical (unpaired) electrons. The number of aryl methyl sites for hydroxylation is 1. The number of amides is 1. The van der Waals surface area contributed by atoms with Gasteiger partial charge in [0.2, 0.25) is 5.13 Å². The molecule has 1 aromatic heterocycles. The number of aromatic nitrogens is 2. The highest BCUT2D eigenvalue weighted by Gasteiger charge is 2.14. The second-order valence-corrected chi connectivity index (χ2v) is 5.30. The molecule has 0 fully saturated rings. The summed E-state index contributed by atoms with van der Waals surface area (Å²) in [5, 5.41) is 11.1. The van der Waals surface area contributed by atoms with Crippen molar-refractivity contribution in [3.8, 4) is 0 Å². The molecule has 0 bridgehead atoms. The SMILES string of the molecule is Cc1nnc(NC(=O)c2cc(Br)ccc2F)s1.